The topological polar surface area (TPSA) is 48.1 Å². The van der Waals surface area contributed by atoms with Gasteiger partial charge in [-0.05, 0) is 22.6 Å². The number of aromatic nitrogens is 1. The van der Waals surface area contributed by atoms with Crippen molar-refractivity contribution in [2.24, 2.45) is 0 Å². The summed E-state index contributed by atoms with van der Waals surface area (Å²) >= 11 is 1.68. The van der Waals surface area contributed by atoms with Crippen molar-refractivity contribution in [3.63, 3.8) is 0 Å². The SMILES string of the molecule is COc1c(C(F)(F)F)ncc(N)c1I. The molecule has 0 radical (unpaired) electrons. The minimum atomic E-state index is -4.53. The number of alkyl halides is 3. The number of nitrogens with two attached hydrogens (primary N) is 1. The lowest BCUT2D eigenvalue weighted by atomic mass is 10.3. The molecule has 14 heavy (non-hydrogen) atoms. The molecule has 0 saturated carbocycles. The van der Waals surface area contributed by atoms with Crippen molar-refractivity contribution in [3.05, 3.63) is 15.5 Å². The molecule has 3 nitrogen and oxygen atoms in total. The Hall–Kier alpha value is -0.730. The van der Waals surface area contributed by atoms with E-state index in [1.54, 1.807) is 22.6 Å². The maximum absolute atomic E-state index is 12.4. The van der Waals surface area contributed by atoms with Gasteiger partial charge in [-0.15, -0.1) is 0 Å². The third-order valence-electron chi connectivity index (χ3n) is 1.47. The second kappa shape index (κ2) is 3.79. The largest absolute Gasteiger partial charge is 0.493 e. The van der Waals surface area contributed by atoms with E-state index < -0.39 is 11.9 Å². The number of rotatable bonds is 1. The first-order valence-electron chi connectivity index (χ1n) is 3.43. The fourth-order valence-electron chi connectivity index (χ4n) is 0.873. The van der Waals surface area contributed by atoms with Crippen molar-refractivity contribution in [1.29, 1.82) is 0 Å². The zero-order valence-corrected chi connectivity index (χ0v) is 9.18. The number of hydrogen-bond donors (Lipinski definition) is 1. The summed E-state index contributed by atoms with van der Waals surface area (Å²) in [6, 6.07) is 0. The third-order valence-corrected chi connectivity index (χ3v) is 2.59. The van der Waals surface area contributed by atoms with Crippen LogP contribution in [0.3, 0.4) is 0 Å². The van der Waals surface area contributed by atoms with Gasteiger partial charge in [0, 0.05) is 0 Å². The number of nitrogens with zero attached hydrogens (tertiary/aromatic N) is 1. The molecular weight excluding hydrogens is 312 g/mol. The highest BCUT2D eigenvalue weighted by atomic mass is 127. The Morgan fingerprint density at radius 1 is 1.50 bits per heavy atom. The van der Waals surface area contributed by atoms with Gasteiger partial charge in [0.15, 0.2) is 11.4 Å². The highest BCUT2D eigenvalue weighted by molar-refractivity contribution is 14.1. The minimum absolute atomic E-state index is 0.162. The lowest BCUT2D eigenvalue weighted by molar-refractivity contribution is -0.142. The van der Waals surface area contributed by atoms with Crippen LogP contribution in [0.25, 0.3) is 0 Å². The van der Waals surface area contributed by atoms with E-state index in [0.29, 0.717) is 0 Å². The first-order chi connectivity index (χ1) is 6.38. The van der Waals surface area contributed by atoms with Gasteiger partial charge in [0.2, 0.25) is 0 Å². The normalized spacial score (nSPS) is 11.5. The van der Waals surface area contributed by atoms with Crippen LogP contribution in [-0.4, -0.2) is 12.1 Å². The number of anilines is 1. The van der Waals surface area contributed by atoms with Gasteiger partial charge in [-0.2, -0.15) is 13.2 Å². The monoisotopic (exact) mass is 318 g/mol. The highest BCUT2D eigenvalue weighted by Gasteiger charge is 2.37. The quantitative estimate of drug-likeness (QED) is 0.808. The Morgan fingerprint density at radius 2 is 2.07 bits per heavy atom. The predicted molar refractivity (Wildman–Crippen MR) is 52.9 cm³/mol. The number of pyridine rings is 1. The van der Waals surface area contributed by atoms with E-state index in [1.807, 2.05) is 0 Å². The fourth-order valence-corrected chi connectivity index (χ4v) is 1.49. The van der Waals surface area contributed by atoms with E-state index in [1.165, 1.54) is 0 Å². The lowest BCUT2D eigenvalue weighted by Crippen LogP contribution is -2.12. The molecule has 0 unspecified atom stereocenters. The van der Waals surface area contributed by atoms with Crippen LogP contribution < -0.4 is 10.5 Å². The van der Waals surface area contributed by atoms with Gasteiger partial charge in [-0.25, -0.2) is 4.98 Å². The molecule has 0 aliphatic rings. The van der Waals surface area contributed by atoms with Crippen molar-refractivity contribution >= 4 is 28.3 Å². The molecule has 0 fully saturated rings. The van der Waals surface area contributed by atoms with Crippen LogP contribution >= 0.6 is 22.6 Å². The van der Waals surface area contributed by atoms with E-state index in [0.717, 1.165) is 13.3 Å². The molecule has 1 rings (SSSR count). The summed E-state index contributed by atoms with van der Waals surface area (Å²) in [4.78, 5) is 3.20. The second-order valence-corrected chi connectivity index (χ2v) is 3.49. The van der Waals surface area contributed by atoms with Crippen LogP contribution in [0.15, 0.2) is 6.20 Å². The second-order valence-electron chi connectivity index (χ2n) is 2.41. The molecule has 1 aromatic rings. The molecule has 0 atom stereocenters. The molecule has 0 spiro atoms. The van der Waals surface area contributed by atoms with Crippen molar-refractivity contribution < 1.29 is 17.9 Å². The summed E-state index contributed by atoms with van der Waals surface area (Å²) in [6.45, 7) is 0. The molecule has 0 aliphatic heterocycles. The first-order valence-corrected chi connectivity index (χ1v) is 4.51. The fraction of sp³-hybridized carbons (Fsp3) is 0.286. The van der Waals surface area contributed by atoms with Gasteiger partial charge < -0.3 is 10.5 Å². The Balaban J connectivity index is 3.39. The number of nitrogen functional groups attached to an aromatic ring is 1. The Morgan fingerprint density at radius 3 is 2.50 bits per heavy atom. The summed E-state index contributed by atoms with van der Waals surface area (Å²) in [5, 5.41) is 0. The lowest BCUT2D eigenvalue weighted by Gasteiger charge is -2.12. The average Bonchev–Trinajstić information content (AvgIpc) is 2.07. The number of halogens is 4. The zero-order chi connectivity index (χ0) is 10.9. The summed E-state index contributed by atoms with van der Waals surface area (Å²) in [5.41, 5.74) is 4.50. The van der Waals surface area contributed by atoms with Crippen LogP contribution in [0, 0.1) is 3.57 Å². The van der Waals surface area contributed by atoms with E-state index >= 15 is 0 Å². The van der Waals surface area contributed by atoms with Gasteiger partial charge in [-0.3, -0.25) is 0 Å². The molecule has 0 saturated heterocycles. The van der Waals surface area contributed by atoms with E-state index in [9.17, 15) is 13.2 Å². The molecule has 78 valence electrons. The third kappa shape index (κ3) is 2.02. The van der Waals surface area contributed by atoms with Crippen LogP contribution in [0.5, 0.6) is 5.75 Å². The Bertz CT molecular complexity index is 354. The summed E-state index contributed by atoms with van der Waals surface area (Å²) in [6.07, 6.45) is -3.56. The molecule has 0 aromatic carbocycles. The highest BCUT2D eigenvalue weighted by Crippen LogP contribution is 2.38. The summed E-state index contributed by atoms with van der Waals surface area (Å²) in [5.74, 6) is -0.335. The van der Waals surface area contributed by atoms with Crippen molar-refractivity contribution in [2.75, 3.05) is 12.8 Å². The molecule has 0 bridgehead atoms. The predicted octanol–water partition coefficient (Wildman–Crippen LogP) is 2.30. The van der Waals surface area contributed by atoms with Gasteiger partial charge in [0.05, 0.1) is 22.6 Å². The Labute approximate surface area is 91.6 Å². The van der Waals surface area contributed by atoms with Crippen molar-refractivity contribution in [1.82, 2.24) is 4.98 Å². The van der Waals surface area contributed by atoms with Crippen molar-refractivity contribution in [3.8, 4) is 5.75 Å². The van der Waals surface area contributed by atoms with E-state index in [4.69, 9.17) is 5.73 Å². The van der Waals surface area contributed by atoms with Crippen LogP contribution in [-0.2, 0) is 6.18 Å². The minimum Gasteiger partial charge on any atom is -0.493 e. The van der Waals surface area contributed by atoms with E-state index in [-0.39, 0.29) is 15.0 Å². The average molecular weight is 318 g/mol. The van der Waals surface area contributed by atoms with Crippen molar-refractivity contribution in [2.45, 2.75) is 6.18 Å². The maximum atomic E-state index is 12.4. The molecule has 1 aromatic heterocycles. The maximum Gasteiger partial charge on any atom is 0.437 e. The van der Waals surface area contributed by atoms with Gasteiger partial charge in [0.25, 0.3) is 0 Å². The molecule has 1 heterocycles. The number of methoxy groups -OCH3 is 1. The molecule has 7 heteroatoms. The molecule has 2 N–H and O–H groups in total. The number of hydrogen-bond acceptors (Lipinski definition) is 3. The van der Waals surface area contributed by atoms with Gasteiger partial charge in [0.1, 0.15) is 0 Å². The summed E-state index contributed by atoms with van der Waals surface area (Å²) < 4.78 is 41.9. The molecule has 0 amide bonds. The first kappa shape index (κ1) is 11.3. The zero-order valence-electron chi connectivity index (χ0n) is 7.02. The van der Waals surface area contributed by atoms with Gasteiger partial charge >= 0.3 is 6.18 Å². The Kier molecular flexibility index (Phi) is 3.07. The van der Waals surface area contributed by atoms with Crippen LogP contribution in [0.1, 0.15) is 5.69 Å². The standard InChI is InChI=1S/C7H6F3IN2O/c1-14-5-4(11)3(12)2-13-6(5)7(8,9)10/h2H,12H2,1H3. The van der Waals surface area contributed by atoms with Crippen LogP contribution in [0.4, 0.5) is 18.9 Å². The molecule has 0 aliphatic carbocycles. The summed E-state index contributed by atoms with van der Waals surface area (Å²) in [7, 11) is 1.15. The van der Waals surface area contributed by atoms with Gasteiger partial charge in [-0.1, -0.05) is 0 Å². The smallest absolute Gasteiger partial charge is 0.437 e. The molecular formula is C7H6F3IN2O. The van der Waals surface area contributed by atoms with E-state index in [2.05, 4.69) is 9.72 Å². The number of ether oxygens (including phenoxy) is 1. The van der Waals surface area contributed by atoms with Crippen LogP contribution in [0.2, 0.25) is 0 Å².